The maximum absolute atomic E-state index is 12.9. The second kappa shape index (κ2) is 9.01. The lowest BCUT2D eigenvalue weighted by Gasteiger charge is -2.24. The second-order valence-electron chi connectivity index (χ2n) is 7.00. The summed E-state index contributed by atoms with van der Waals surface area (Å²) in [7, 11) is 0. The normalized spacial score (nSPS) is 12.4. The van der Waals surface area contributed by atoms with Crippen molar-refractivity contribution in [1.29, 1.82) is 0 Å². The standard InChI is InChI=1S/C21H24N4O4/c1-13(24-28)15-9-5-7-11-17(15)22-19(26)21(3,4)20(27)23-18-12-8-6-10-16(18)14(2)25-29/h5-12,28-29H,1-4H3,(H,22,26)(H,23,27)/b24-13-,25-14+. The highest BCUT2D eigenvalue weighted by Crippen LogP contribution is 2.25. The number of nitrogens with one attached hydrogen (secondary N) is 2. The van der Waals surface area contributed by atoms with Gasteiger partial charge in [-0.15, -0.1) is 0 Å². The molecule has 29 heavy (non-hydrogen) atoms. The predicted octanol–water partition coefficient (Wildman–Crippen LogP) is 3.69. The molecule has 0 aromatic heterocycles. The fourth-order valence-electron chi connectivity index (χ4n) is 2.58. The molecule has 2 aromatic carbocycles. The van der Waals surface area contributed by atoms with Crippen LogP contribution in [0, 0.1) is 5.41 Å². The molecule has 4 N–H and O–H groups in total. The molecule has 0 bridgehead atoms. The lowest BCUT2D eigenvalue weighted by Crippen LogP contribution is -2.42. The monoisotopic (exact) mass is 396 g/mol. The Hall–Kier alpha value is -3.68. The Kier molecular flexibility index (Phi) is 6.71. The molecule has 2 amide bonds. The molecule has 8 nitrogen and oxygen atoms in total. The third-order valence-corrected chi connectivity index (χ3v) is 4.57. The highest BCUT2D eigenvalue weighted by atomic mass is 16.4. The van der Waals surface area contributed by atoms with Gasteiger partial charge in [0.25, 0.3) is 0 Å². The molecule has 0 aliphatic rings. The highest BCUT2D eigenvalue weighted by molar-refractivity contribution is 6.17. The van der Waals surface area contributed by atoms with Crippen molar-refractivity contribution in [2.75, 3.05) is 10.6 Å². The van der Waals surface area contributed by atoms with Gasteiger partial charge in [0, 0.05) is 22.5 Å². The summed E-state index contributed by atoms with van der Waals surface area (Å²) in [6.45, 7) is 6.21. The molecule has 8 heteroatoms. The average molecular weight is 396 g/mol. The van der Waals surface area contributed by atoms with Crippen LogP contribution in [0.3, 0.4) is 0 Å². The molecular formula is C21H24N4O4. The van der Waals surface area contributed by atoms with Crippen LogP contribution in [0.25, 0.3) is 0 Å². The molecule has 0 saturated carbocycles. The van der Waals surface area contributed by atoms with Gasteiger partial charge < -0.3 is 21.0 Å². The van der Waals surface area contributed by atoms with Crippen LogP contribution in [0.5, 0.6) is 0 Å². The van der Waals surface area contributed by atoms with Crippen LogP contribution in [-0.4, -0.2) is 33.7 Å². The number of anilines is 2. The minimum atomic E-state index is -1.42. The van der Waals surface area contributed by atoms with E-state index in [-0.39, 0.29) is 0 Å². The Morgan fingerprint density at radius 2 is 1.10 bits per heavy atom. The molecule has 152 valence electrons. The summed E-state index contributed by atoms with van der Waals surface area (Å²) in [6.07, 6.45) is 0. The third-order valence-electron chi connectivity index (χ3n) is 4.57. The van der Waals surface area contributed by atoms with Crippen LogP contribution in [0.4, 0.5) is 11.4 Å². The molecular weight excluding hydrogens is 372 g/mol. The molecule has 0 aliphatic heterocycles. The Morgan fingerprint density at radius 1 is 0.759 bits per heavy atom. The molecule has 2 rings (SSSR count). The van der Waals surface area contributed by atoms with Gasteiger partial charge in [-0.3, -0.25) is 9.59 Å². The van der Waals surface area contributed by atoms with Crippen LogP contribution in [0.2, 0.25) is 0 Å². The van der Waals surface area contributed by atoms with E-state index < -0.39 is 17.2 Å². The van der Waals surface area contributed by atoms with Gasteiger partial charge in [0.2, 0.25) is 11.8 Å². The highest BCUT2D eigenvalue weighted by Gasteiger charge is 2.37. The quantitative estimate of drug-likeness (QED) is 0.257. The summed E-state index contributed by atoms with van der Waals surface area (Å²) in [4.78, 5) is 25.7. The summed E-state index contributed by atoms with van der Waals surface area (Å²) in [6, 6.07) is 13.7. The molecule has 0 radical (unpaired) electrons. The summed E-state index contributed by atoms with van der Waals surface area (Å²) in [5, 5.41) is 29.9. The van der Waals surface area contributed by atoms with Gasteiger partial charge >= 0.3 is 0 Å². The van der Waals surface area contributed by atoms with E-state index in [2.05, 4.69) is 20.9 Å². The molecule has 0 spiro atoms. The maximum Gasteiger partial charge on any atom is 0.239 e. The molecule has 0 saturated heterocycles. The lowest BCUT2D eigenvalue weighted by molar-refractivity contribution is -0.135. The number of benzene rings is 2. The number of hydrogen-bond acceptors (Lipinski definition) is 6. The van der Waals surface area contributed by atoms with Crippen LogP contribution in [-0.2, 0) is 9.59 Å². The maximum atomic E-state index is 12.9. The SMILES string of the molecule is C/C(=N/O)c1ccccc1NC(=O)C(C)(C)C(=O)Nc1ccccc1/C(C)=N/O. The Morgan fingerprint density at radius 3 is 1.45 bits per heavy atom. The van der Waals surface area contributed by atoms with Gasteiger partial charge in [-0.05, 0) is 39.8 Å². The van der Waals surface area contributed by atoms with E-state index in [0.717, 1.165) is 0 Å². The van der Waals surface area contributed by atoms with Gasteiger partial charge in [-0.2, -0.15) is 0 Å². The molecule has 0 heterocycles. The first-order valence-corrected chi connectivity index (χ1v) is 8.91. The number of carbonyl (C=O) groups is 2. The van der Waals surface area contributed by atoms with E-state index in [1.54, 1.807) is 62.4 Å². The molecule has 0 aliphatic carbocycles. The Bertz CT molecular complexity index is 903. The Labute approximate surface area is 168 Å². The zero-order chi connectivity index (χ0) is 21.6. The van der Waals surface area contributed by atoms with Crippen LogP contribution in [0.1, 0.15) is 38.8 Å². The zero-order valence-corrected chi connectivity index (χ0v) is 16.7. The molecule has 2 aromatic rings. The van der Waals surface area contributed by atoms with Crippen molar-refractivity contribution in [3.05, 3.63) is 59.7 Å². The average Bonchev–Trinajstić information content (AvgIpc) is 2.73. The summed E-state index contributed by atoms with van der Waals surface area (Å²) in [5.41, 5.74) is 1.18. The van der Waals surface area contributed by atoms with E-state index in [1.165, 1.54) is 13.8 Å². The Balaban J connectivity index is 2.26. The van der Waals surface area contributed by atoms with E-state index in [4.69, 9.17) is 10.4 Å². The van der Waals surface area contributed by atoms with Gasteiger partial charge in [-0.1, -0.05) is 46.7 Å². The first-order valence-electron chi connectivity index (χ1n) is 8.91. The number of oxime groups is 2. The first kappa shape index (κ1) is 21.6. The van der Waals surface area contributed by atoms with Crippen molar-refractivity contribution in [3.63, 3.8) is 0 Å². The molecule has 0 fully saturated rings. The third kappa shape index (κ3) is 4.78. The number of nitrogens with zero attached hydrogens (tertiary/aromatic N) is 2. The lowest BCUT2D eigenvalue weighted by atomic mass is 9.90. The minimum Gasteiger partial charge on any atom is -0.411 e. The van der Waals surface area contributed by atoms with Crippen LogP contribution < -0.4 is 10.6 Å². The summed E-state index contributed by atoms with van der Waals surface area (Å²) in [5.74, 6) is -1.06. The van der Waals surface area contributed by atoms with Crippen molar-refractivity contribution in [3.8, 4) is 0 Å². The van der Waals surface area contributed by atoms with Crippen LogP contribution >= 0.6 is 0 Å². The van der Waals surface area contributed by atoms with Crippen molar-refractivity contribution in [2.45, 2.75) is 27.7 Å². The van der Waals surface area contributed by atoms with E-state index in [0.29, 0.717) is 33.9 Å². The van der Waals surface area contributed by atoms with Gasteiger partial charge in [0.15, 0.2) is 0 Å². The fourth-order valence-corrected chi connectivity index (χ4v) is 2.58. The van der Waals surface area contributed by atoms with Gasteiger partial charge in [0.05, 0.1) is 11.4 Å². The largest absolute Gasteiger partial charge is 0.411 e. The molecule has 0 atom stereocenters. The zero-order valence-electron chi connectivity index (χ0n) is 16.7. The van der Waals surface area contributed by atoms with E-state index in [9.17, 15) is 9.59 Å². The smallest absolute Gasteiger partial charge is 0.239 e. The predicted molar refractivity (Wildman–Crippen MR) is 112 cm³/mol. The van der Waals surface area contributed by atoms with Gasteiger partial charge in [0.1, 0.15) is 5.41 Å². The van der Waals surface area contributed by atoms with Crippen molar-refractivity contribution >= 4 is 34.6 Å². The molecule has 0 unspecified atom stereocenters. The van der Waals surface area contributed by atoms with E-state index >= 15 is 0 Å². The van der Waals surface area contributed by atoms with Gasteiger partial charge in [-0.25, -0.2) is 0 Å². The second-order valence-corrected chi connectivity index (χ2v) is 7.00. The van der Waals surface area contributed by atoms with E-state index in [1.807, 2.05) is 0 Å². The summed E-state index contributed by atoms with van der Waals surface area (Å²) >= 11 is 0. The summed E-state index contributed by atoms with van der Waals surface area (Å²) < 4.78 is 0. The number of hydrogen-bond donors (Lipinski definition) is 4. The number of amides is 2. The van der Waals surface area contributed by atoms with Crippen molar-refractivity contribution in [2.24, 2.45) is 15.7 Å². The first-order chi connectivity index (χ1) is 13.7. The number of rotatable bonds is 6. The number of para-hydroxylation sites is 2. The topological polar surface area (TPSA) is 123 Å². The fraction of sp³-hybridized carbons (Fsp3) is 0.238. The van der Waals surface area contributed by atoms with Crippen LogP contribution in [0.15, 0.2) is 58.8 Å². The van der Waals surface area contributed by atoms with Crippen molar-refractivity contribution < 1.29 is 20.0 Å². The minimum absolute atomic E-state index is 0.329. The van der Waals surface area contributed by atoms with Crippen molar-refractivity contribution in [1.82, 2.24) is 0 Å². The number of carbonyl (C=O) groups excluding carboxylic acids is 2.